The first-order valence-corrected chi connectivity index (χ1v) is 5.62. The van der Waals surface area contributed by atoms with E-state index in [1.165, 1.54) is 18.2 Å². The quantitative estimate of drug-likeness (QED) is 0.485. The van der Waals surface area contributed by atoms with Gasteiger partial charge in [0.2, 0.25) is 0 Å². The van der Waals surface area contributed by atoms with Crippen LogP contribution in [0.25, 0.3) is 0 Å². The number of ether oxygens (including phenoxy) is 1. The molecule has 100 valence electrons. The second-order valence-electron chi connectivity index (χ2n) is 3.42. The summed E-state index contributed by atoms with van der Waals surface area (Å²) < 4.78 is 5.11. The minimum atomic E-state index is -0.610. The van der Waals surface area contributed by atoms with Gasteiger partial charge in [-0.1, -0.05) is 11.6 Å². The zero-order chi connectivity index (χ0) is 14.3. The smallest absolute Gasteiger partial charge is 0.288 e. The topological polar surface area (TPSA) is 105 Å². The lowest BCUT2D eigenvalue weighted by Gasteiger charge is -2.06. The molecule has 0 fully saturated rings. The zero-order valence-electron chi connectivity index (χ0n) is 9.76. The third-order valence-electron chi connectivity index (χ3n) is 2.04. The minimum absolute atomic E-state index is 0.0626. The Morgan fingerprint density at radius 2 is 2.32 bits per heavy atom. The number of nitrogens with one attached hydrogen (secondary N) is 1. The van der Waals surface area contributed by atoms with Crippen molar-refractivity contribution in [2.45, 2.75) is 6.42 Å². The maximum atomic E-state index is 11.3. The van der Waals surface area contributed by atoms with Gasteiger partial charge in [0.25, 0.3) is 11.6 Å². The first-order valence-electron chi connectivity index (χ1n) is 5.25. The normalized spacial score (nSPS) is 9.47. The van der Waals surface area contributed by atoms with Crippen LogP contribution in [-0.2, 0) is 4.79 Å². The lowest BCUT2D eigenvalue weighted by molar-refractivity contribution is -0.384. The summed E-state index contributed by atoms with van der Waals surface area (Å²) >= 11 is 5.68. The molecule has 0 unspecified atom stereocenters. The molecule has 1 aromatic rings. The molecule has 0 aliphatic heterocycles. The van der Waals surface area contributed by atoms with Crippen molar-refractivity contribution < 1.29 is 14.5 Å². The van der Waals surface area contributed by atoms with E-state index in [1.54, 1.807) is 0 Å². The van der Waals surface area contributed by atoms with Crippen LogP contribution >= 0.6 is 11.6 Å². The fourth-order valence-electron chi connectivity index (χ4n) is 1.18. The number of carbonyl (C=O) groups is 1. The van der Waals surface area contributed by atoms with Crippen LogP contribution in [0.3, 0.4) is 0 Å². The molecular weight excluding hydrogens is 274 g/mol. The predicted molar refractivity (Wildman–Crippen MR) is 66.8 cm³/mol. The summed E-state index contributed by atoms with van der Waals surface area (Å²) in [5.41, 5.74) is -0.229. The van der Waals surface area contributed by atoms with Gasteiger partial charge in [-0.05, 0) is 6.07 Å². The van der Waals surface area contributed by atoms with Crippen molar-refractivity contribution in [3.05, 3.63) is 33.3 Å². The molecule has 0 spiro atoms. The van der Waals surface area contributed by atoms with Crippen LogP contribution in [0.4, 0.5) is 5.69 Å². The highest BCUT2D eigenvalue weighted by Gasteiger charge is 2.13. The molecular formula is C11H10ClN3O4. The van der Waals surface area contributed by atoms with Crippen molar-refractivity contribution in [3.8, 4) is 11.8 Å². The van der Waals surface area contributed by atoms with Gasteiger partial charge < -0.3 is 10.1 Å². The summed E-state index contributed by atoms with van der Waals surface area (Å²) in [6.45, 7) is -0.000715. The van der Waals surface area contributed by atoms with Gasteiger partial charge in [0.05, 0.1) is 17.4 Å². The summed E-state index contributed by atoms with van der Waals surface area (Å²) in [5.74, 6) is -0.129. The number of nitro benzene ring substituents is 1. The highest BCUT2D eigenvalue weighted by molar-refractivity contribution is 6.32. The van der Waals surface area contributed by atoms with Gasteiger partial charge in [-0.15, -0.1) is 0 Å². The Labute approximate surface area is 113 Å². The Hall–Kier alpha value is -2.33. The number of nitro groups is 1. The average molecular weight is 284 g/mol. The maximum Gasteiger partial charge on any atom is 0.288 e. The summed E-state index contributed by atoms with van der Waals surface area (Å²) in [5, 5.41) is 21.2. The van der Waals surface area contributed by atoms with Gasteiger partial charge in [0, 0.05) is 18.7 Å². The summed E-state index contributed by atoms with van der Waals surface area (Å²) in [6.07, 6.45) is 0.217. The minimum Gasteiger partial charge on any atom is -0.484 e. The molecule has 0 aromatic heterocycles. The number of halogens is 1. The SMILES string of the molecule is N#CCCNC(=O)COc1ccc([N+](=O)[O-])c(Cl)c1. The zero-order valence-corrected chi connectivity index (χ0v) is 10.5. The molecule has 1 N–H and O–H groups in total. The van der Waals surface area contributed by atoms with Gasteiger partial charge in [0.15, 0.2) is 6.61 Å². The van der Waals surface area contributed by atoms with Gasteiger partial charge in [-0.25, -0.2) is 0 Å². The van der Waals surface area contributed by atoms with Crippen molar-refractivity contribution in [1.82, 2.24) is 5.32 Å². The van der Waals surface area contributed by atoms with Crippen LogP contribution in [0.2, 0.25) is 5.02 Å². The highest BCUT2D eigenvalue weighted by atomic mass is 35.5. The molecule has 7 nitrogen and oxygen atoms in total. The number of hydrogen-bond donors (Lipinski definition) is 1. The highest BCUT2D eigenvalue weighted by Crippen LogP contribution is 2.28. The maximum absolute atomic E-state index is 11.3. The monoisotopic (exact) mass is 283 g/mol. The van der Waals surface area contributed by atoms with E-state index < -0.39 is 4.92 Å². The third kappa shape index (κ3) is 4.81. The Morgan fingerprint density at radius 3 is 2.89 bits per heavy atom. The van der Waals surface area contributed by atoms with E-state index in [9.17, 15) is 14.9 Å². The van der Waals surface area contributed by atoms with E-state index in [0.717, 1.165) is 0 Å². The van der Waals surface area contributed by atoms with Crippen LogP contribution in [-0.4, -0.2) is 24.0 Å². The Kier molecular flexibility index (Phi) is 5.57. The third-order valence-corrected chi connectivity index (χ3v) is 2.35. The molecule has 0 aliphatic rings. The Balaban J connectivity index is 2.50. The molecule has 1 amide bonds. The van der Waals surface area contributed by atoms with E-state index in [1.807, 2.05) is 6.07 Å². The van der Waals surface area contributed by atoms with Crippen LogP contribution in [0.1, 0.15) is 6.42 Å². The molecule has 0 radical (unpaired) electrons. The van der Waals surface area contributed by atoms with Crippen molar-refractivity contribution >= 4 is 23.2 Å². The van der Waals surface area contributed by atoms with Crippen molar-refractivity contribution in [3.63, 3.8) is 0 Å². The molecule has 0 bridgehead atoms. The number of carbonyl (C=O) groups excluding carboxylic acids is 1. The van der Waals surface area contributed by atoms with Crippen LogP contribution < -0.4 is 10.1 Å². The van der Waals surface area contributed by atoms with Gasteiger partial charge in [-0.3, -0.25) is 14.9 Å². The summed E-state index contributed by atoms with van der Waals surface area (Å²) in [7, 11) is 0. The van der Waals surface area contributed by atoms with E-state index in [-0.39, 0.29) is 41.9 Å². The lowest BCUT2D eigenvalue weighted by Crippen LogP contribution is -2.29. The molecule has 0 aliphatic carbocycles. The molecule has 8 heteroatoms. The summed E-state index contributed by atoms with van der Waals surface area (Å²) in [6, 6.07) is 5.70. The first-order chi connectivity index (χ1) is 9.04. The largest absolute Gasteiger partial charge is 0.484 e. The first kappa shape index (κ1) is 14.7. The number of nitriles is 1. The molecule has 0 heterocycles. The van der Waals surface area contributed by atoms with Gasteiger partial charge in [-0.2, -0.15) is 5.26 Å². The molecule has 1 aromatic carbocycles. The number of nitrogens with zero attached hydrogens (tertiary/aromatic N) is 2. The second kappa shape index (κ2) is 7.18. The van der Waals surface area contributed by atoms with E-state index >= 15 is 0 Å². The summed E-state index contributed by atoms with van der Waals surface area (Å²) in [4.78, 5) is 21.2. The van der Waals surface area contributed by atoms with E-state index in [2.05, 4.69) is 5.32 Å². The van der Waals surface area contributed by atoms with Gasteiger partial charge >= 0.3 is 0 Å². The van der Waals surface area contributed by atoms with Gasteiger partial charge in [0.1, 0.15) is 10.8 Å². The number of hydrogen-bond acceptors (Lipinski definition) is 5. The van der Waals surface area contributed by atoms with Crippen LogP contribution in [0.5, 0.6) is 5.75 Å². The van der Waals surface area contributed by atoms with Crippen LogP contribution in [0.15, 0.2) is 18.2 Å². The van der Waals surface area contributed by atoms with E-state index in [0.29, 0.717) is 0 Å². The molecule has 0 saturated carbocycles. The number of amides is 1. The Bertz CT molecular complexity index is 527. The predicted octanol–water partition coefficient (Wildman–Crippen LogP) is 1.66. The number of benzene rings is 1. The molecule has 1 rings (SSSR count). The molecule has 19 heavy (non-hydrogen) atoms. The standard InChI is InChI=1S/C11H10ClN3O4/c12-9-6-8(2-3-10(9)15(17)18)19-7-11(16)14-5-1-4-13/h2-3,6H,1,5,7H2,(H,14,16). The fraction of sp³-hybridized carbons (Fsp3) is 0.273. The van der Waals surface area contributed by atoms with Crippen LogP contribution in [0, 0.1) is 21.4 Å². The Morgan fingerprint density at radius 1 is 1.58 bits per heavy atom. The number of rotatable bonds is 6. The second-order valence-corrected chi connectivity index (χ2v) is 3.82. The average Bonchev–Trinajstić information content (AvgIpc) is 2.36. The fourth-order valence-corrected chi connectivity index (χ4v) is 1.42. The van der Waals surface area contributed by atoms with Crippen molar-refractivity contribution in [2.24, 2.45) is 0 Å². The van der Waals surface area contributed by atoms with E-state index in [4.69, 9.17) is 21.6 Å². The lowest BCUT2D eigenvalue weighted by atomic mass is 10.3. The van der Waals surface area contributed by atoms with Crippen molar-refractivity contribution in [1.29, 1.82) is 5.26 Å². The molecule has 0 atom stereocenters. The molecule has 0 saturated heterocycles. The van der Waals surface area contributed by atoms with Crippen molar-refractivity contribution in [2.75, 3.05) is 13.2 Å².